The van der Waals surface area contributed by atoms with Gasteiger partial charge in [0.25, 0.3) is 0 Å². The van der Waals surface area contributed by atoms with Crippen molar-refractivity contribution in [1.29, 1.82) is 0 Å². The van der Waals surface area contributed by atoms with Gasteiger partial charge in [-0.3, -0.25) is 5.43 Å². The standard InChI is InChI=1S/C19H18ClN5O2/c1-27-16-9-12(5-6-15(16)26)10-19-23-22-18-8-7-17(24-25(18)19)21-14-4-2-3-13(20)11-14/h2-6,9,11,26H,7-8,10H2,1H3,(H,21,24). The van der Waals surface area contributed by atoms with Crippen LogP contribution < -0.4 is 10.2 Å². The van der Waals surface area contributed by atoms with Gasteiger partial charge in [-0.25, -0.2) is 9.67 Å². The molecule has 3 aromatic rings. The summed E-state index contributed by atoms with van der Waals surface area (Å²) in [6.07, 6.45) is 2.04. The number of aliphatic imine (C=N–C) groups is 1. The number of amidine groups is 1. The fourth-order valence-electron chi connectivity index (χ4n) is 2.97. The van der Waals surface area contributed by atoms with Gasteiger partial charge in [-0.15, -0.1) is 10.2 Å². The summed E-state index contributed by atoms with van der Waals surface area (Å²) < 4.78 is 7.04. The average molecular weight is 384 g/mol. The molecule has 0 fully saturated rings. The minimum Gasteiger partial charge on any atom is -0.504 e. The molecule has 7 nitrogen and oxygen atoms in total. The normalized spacial score (nSPS) is 14.7. The molecule has 27 heavy (non-hydrogen) atoms. The predicted molar refractivity (Wildman–Crippen MR) is 104 cm³/mol. The number of methoxy groups -OCH3 is 1. The fourth-order valence-corrected chi connectivity index (χ4v) is 3.16. The Hall–Kier alpha value is -3.06. The van der Waals surface area contributed by atoms with Crippen LogP contribution in [0, 0.1) is 0 Å². The van der Waals surface area contributed by atoms with Crippen molar-refractivity contribution in [3.63, 3.8) is 0 Å². The van der Waals surface area contributed by atoms with Gasteiger partial charge in [0.2, 0.25) is 0 Å². The smallest absolute Gasteiger partial charge is 0.160 e. The number of rotatable bonds is 4. The zero-order valence-corrected chi connectivity index (χ0v) is 15.4. The molecule has 0 saturated carbocycles. The van der Waals surface area contributed by atoms with Gasteiger partial charge in [-0.05, 0) is 35.9 Å². The summed E-state index contributed by atoms with van der Waals surface area (Å²) >= 11 is 6.03. The molecule has 0 atom stereocenters. The second kappa shape index (κ2) is 7.28. The van der Waals surface area contributed by atoms with E-state index in [0.717, 1.165) is 41.6 Å². The molecule has 2 aromatic carbocycles. The zero-order valence-electron chi connectivity index (χ0n) is 14.7. The third-order valence-electron chi connectivity index (χ3n) is 4.30. The summed E-state index contributed by atoms with van der Waals surface area (Å²) in [6.45, 7) is 0. The summed E-state index contributed by atoms with van der Waals surface area (Å²) in [7, 11) is 1.53. The van der Waals surface area contributed by atoms with Crippen LogP contribution in [0.4, 0.5) is 5.69 Å². The fraction of sp³-hybridized carbons (Fsp3) is 0.211. The molecular formula is C19H18ClN5O2. The Balaban J connectivity index is 1.58. The molecule has 0 saturated heterocycles. The van der Waals surface area contributed by atoms with Crippen LogP contribution in [0.2, 0.25) is 5.02 Å². The third-order valence-corrected chi connectivity index (χ3v) is 4.54. The number of aryl methyl sites for hydroxylation is 1. The molecule has 8 heteroatoms. The predicted octanol–water partition coefficient (Wildman–Crippen LogP) is 3.46. The Kier molecular flexibility index (Phi) is 4.68. The first-order valence-electron chi connectivity index (χ1n) is 8.51. The van der Waals surface area contributed by atoms with Crippen LogP contribution >= 0.6 is 11.6 Å². The number of fused-ring (bicyclic) bond motifs is 1. The lowest BCUT2D eigenvalue weighted by atomic mass is 10.1. The summed E-state index contributed by atoms with van der Waals surface area (Å²) in [5, 5.41) is 19.0. The molecule has 1 aromatic heterocycles. The molecule has 0 radical (unpaired) electrons. The Morgan fingerprint density at radius 2 is 2.11 bits per heavy atom. The largest absolute Gasteiger partial charge is 0.504 e. The van der Waals surface area contributed by atoms with Crippen LogP contribution in [0.1, 0.15) is 23.6 Å². The van der Waals surface area contributed by atoms with E-state index in [1.54, 1.807) is 12.1 Å². The molecule has 0 amide bonds. The third kappa shape index (κ3) is 3.73. The highest BCUT2D eigenvalue weighted by Gasteiger charge is 2.20. The number of aromatic nitrogens is 3. The second-order valence-electron chi connectivity index (χ2n) is 6.20. The Bertz CT molecular complexity index is 1020. The monoisotopic (exact) mass is 383 g/mol. The summed E-state index contributed by atoms with van der Waals surface area (Å²) in [5.74, 6) is 2.99. The van der Waals surface area contributed by atoms with Crippen molar-refractivity contribution >= 4 is 23.1 Å². The molecule has 0 spiro atoms. The maximum Gasteiger partial charge on any atom is 0.160 e. The molecule has 2 heterocycles. The van der Waals surface area contributed by atoms with Crippen molar-refractivity contribution in [3.8, 4) is 11.5 Å². The van der Waals surface area contributed by atoms with Crippen LogP contribution in [0.5, 0.6) is 11.5 Å². The molecule has 2 N–H and O–H groups in total. The lowest BCUT2D eigenvalue weighted by molar-refractivity contribution is 0.373. The number of benzene rings is 2. The molecular weight excluding hydrogens is 366 g/mol. The average Bonchev–Trinajstić information content (AvgIpc) is 3.05. The molecule has 4 rings (SSSR count). The first kappa shape index (κ1) is 17.4. The van der Waals surface area contributed by atoms with Crippen molar-refractivity contribution in [1.82, 2.24) is 14.9 Å². The lowest BCUT2D eigenvalue weighted by Crippen LogP contribution is -2.31. The SMILES string of the molecule is COc1cc(Cc2nnc3n2NC(=Nc2cccc(Cl)c2)CC3)ccc1O. The lowest BCUT2D eigenvalue weighted by Gasteiger charge is -2.19. The summed E-state index contributed by atoms with van der Waals surface area (Å²) in [6, 6.07) is 12.7. The van der Waals surface area contributed by atoms with E-state index in [1.807, 2.05) is 35.0 Å². The number of hydrogen-bond donors (Lipinski definition) is 2. The van der Waals surface area contributed by atoms with Crippen LogP contribution in [0.3, 0.4) is 0 Å². The van der Waals surface area contributed by atoms with Crippen molar-refractivity contribution in [2.45, 2.75) is 19.3 Å². The minimum atomic E-state index is 0.110. The number of halogens is 1. The minimum absolute atomic E-state index is 0.110. The van der Waals surface area contributed by atoms with E-state index in [9.17, 15) is 5.11 Å². The summed E-state index contributed by atoms with van der Waals surface area (Å²) in [5.41, 5.74) is 5.05. The number of hydrogen-bond acceptors (Lipinski definition) is 5. The van der Waals surface area contributed by atoms with Gasteiger partial charge >= 0.3 is 0 Å². The van der Waals surface area contributed by atoms with Crippen molar-refractivity contribution in [2.24, 2.45) is 4.99 Å². The van der Waals surface area contributed by atoms with E-state index in [1.165, 1.54) is 7.11 Å². The molecule has 0 aliphatic carbocycles. The Morgan fingerprint density at radius 3 is 2.93 bits per heavy atom. The maximum atomic E-state index is 9.75. The first-order chi connectivity index (χ1) is 13.1. The molecule has 1 aliphatic heterocycles. The molecule has 138 valence electrons. The van der Waals surface area contributed by atoms with Crippen LogP contribution in [0.25, 0.3) is 0 Å². The van der Waals surface area contributed by atoms with Crippen LogP contribution in [0.15, 0.2) is 47.5 Å². The number of nitrogens with zero attached hydrogens (tertiary/aromatic N) is 4. The Morgan fingerprint density at radius 1 is 1.22 bits per heavy atom. The van der Waals surface area contributed by atoms with Crippen molar-refractivity contribution < 1.29 is 9.84 Å². The number of phenols is 1. The molecule has 1 aliphatic rings. The van der Waals surface area contributed by atoms with E-state index in [0.29, 0.717) is 17.2 Å². The van der Waals surface area contributed by atoms with Gasteiger partial charge in [0, 0.05) is 24.3 Å². The molecule has 0 unspecified atom stereocenters. The van der Waals surface area contributed by atoms with Gasteiger partial charge < -0.3 is 9.84 Å². The van der Waals surface area contributed by atoms with Gasteiger partial charge in [0.15, 0.2) is 23.1 Å². The zero-order chi connectivity index (χ0) is 18.8. The highest BCUT2D eigenvalue weighted by molar-refractivity contribution is 6.30. The van der Waals surface area contributed by atoms with E-state index in [-0.39, 0.29) is 5.75 Å². The number of ether oxygens (including phenoxy) is 1. The maximum absolute atomic E-state index is 9.75. The molecule has 0 bridgehead atoms. The van der Waals surface area contributed by atoms with E-state index in [2.05, 4.69) is 20.6 Å². The number of nitrogens with one attached hydrogen (secondary N) is 1. The Labute approximate surface area is 161 Å². The highest BCUT2D eigenvalue weighted by atomic mass is 35.5. The quantitative estimate of drug-likeness (QED) is 0.720. The number of phenolic OH excluding ortho intramolecular Hbond substituents is 1. The van der Waals surface area contributed by atoms with Crippen molar-refractivity contribution in [3.05, 3.63) is 64.7 Å². The van der Waals surface area contributed by atoms with Crippen LogP contribution in [-0.2, 0) is 12.8 Å². The van der Waals surface area contributed by atoms with Gasteiger partial charge in [0.1, 0.15) is 5.84 Å². The highest BCUT2D eigenvalue weighted by Crippen LogP contribution is 2.27. The van der Waals surface area contributed by atoms with E-state index >= 15 is 0 Å². The first-order valence-corrected chi connectivity index (χ1v) is 8.89. The van der Waals surface area contributed by atoms with Gasteiger partial charge in [-0.1, -0.05) is 23.7 Å². The van der Waals surface area contributed by atoms with Crippen molar-refractivity contribution in [2.75, 3.05) is 12.5 Å². The topological polar surface area (TPSA) is 84.6 Å². The van der Waals surface area contributed by atoms with Gasteiger partial charge in [-0.2, -0.15) is 0 Å². The second-order valence-corrected chi connectivity index (χ2v) is 6.64. The van der Waals surface area contributed by atoms with Crippen LogP contribution in [-0.4, -0.2) is 32.9 Å². The number of aromatic hydroxyl groups is 1. The van der Waals surface area contributed by atoms with E-state index in [4.69, 9.17) is 16.3 Å². The van der Waals surface area contributed by atoms with Gasteiger partial charge in [0.05, 0.1) is 12.8 Å². The van der Waals surface area contributed by atoms with E-state index < -0.39 is 0 Å². The summed E-state index contributed by atoms with van der Waals surface area (Å²) in [4.78, 5) is 4.64.